The Kier molecular flexibility index (Phi) is 4.62. The van der Waals surface area contributed by atoms with Gasteiger partial charge in [0.05, 0.1) is 18.1 Å². The Bertz CT molecular complexity index is 904. The van der Waals surface area contributed by atoms with Gasteiger partial charge in [-0.1, -0.05) is 30.3 Å². The lowest BCUT2D eigenvalue weighted by Crippen LogP contribution is -2.36. The van der Waals surface area contributed by atoms with Gasteiger partial charge in [-0.25, -0.2) is 4.68 Å². The van der Waals surface area contributed by atoms with E-state index in [4.69, 9.17) is 0 Å². The number of rotatable bonds is 5. The molecule has 0 aliphatic heterocycles. The van der Waals surface area contributed by atoms with E-state index < -0.39 is 0 Å². The molecule has 0 bridgehead atoms. The van der Waals surface area contributed by atoms with Crippen molar-refractivity contribution in [2.75, 3.05) is 0 Å². The van der Waals surface area contributed by atoms with Gasteiger partial charge in [-0.15, -0.1) is 0 Å². The Hall–Kier alpha value is -2.66. The molecular formula is C19H21N3O2. The summed E-state index contributed by atoms with van der Waals surface area (Å²) in [7, 11) is 0. The summed E-state index contributed by atoms with van der Waals surface area (Å²) >= 11 is 0. The van der Waals surface area contributed by atoms with Crippen molar-refractivity contribution in [2.45, 2.75) is 32.5 Å². The predicted octanol–water partition coefficient (Wildman–Crippen LogP) is 2.84. The summed E-state index contributed by atoms with van der Waals surface area (Å²) in [5, 5.41) is 18.8. The molecule has 3 aromatic rings. The van der Waals surface area contributed by atoms with Gasteiger partial charge in [-0.05, 0) is 37.6 Å². The molecule has 0 aliphatic carbocycles. The Morgan fingerprint density at radius 3 is 2.75 bits per heavy atom. The number of phenols is 1. The van der Waals surface area contributed by atoms with E-state index >= 15 is 0 Å². The number of fused-ring (bicyclic) bond motifs is 1. The lowest BCUT2D eigenvalue weighted by Gasteiger charge is -2.21. The SMILES string of the molecule is C[C@H](Cn1ncc2ccccc2c1=O)N[C@@H](C)c1cccc(O)c1. The largest absolute Gasteiger partial charge is 0.508 e. The molecule has 0 radical (unpaired) electrons. The topological polar surface area (TPSA) is 67.2 Å². The molecule has 0 amide bonds. The predicted molar refractivity (Wildman–Crippen MR) is 95.1 cm³/mol. The third-order valence-corrected chi connectivity index (χ3v) is 4.11. The Morgan fingerprint density at radius 1 is 1.17 bits per heavy atom. The standard InChI is InChI=1S/C19H21N3O2/c1-13(21-14(2)15-7-5-8-17(23)10-15)12-22-19(24)18-9-4-3-6-16(18)11-20-22/h3-11,13-14,21,23H,12H2,1-2H3/t13-,14+/m1/s1. The number of aromatic nitrogens is 2. The third kappa shape index (κ3) is 3.46. The van der Waals surface area contributed by atoms with Gasteiger partial charge in [-0.3, -0.25) is 4.79 Å². The molecule has 124 valence electrons. The van der Waals surface area contributed by atoms with Gasteiger partial charge >= 0.3 is 0 Å². The first-order valence-electron chi connectivity index (χ1n) is 8.04. The number of phenolic OH excluding ortho intramolecular Hbond substituents is 1. The van der Waals surface area contributed by atoms with E-state index in [-0.39, 0.29) is 23.4 Å². The summed E-state index contributed by atoms with van der Waals surface area (Å²) in [6.45, 7) is 4.53. The van der Waals surface area contributed by atoms with E-state index in [1.165, 1.54) is 4.68 Å². The normalized spacial score (nSPS) is 13.8. The Balaban J connectivity index is 1.74. The molecule has 0 fully saturated rings. The van der Waals surface area contributed by atoms with Crippen LogP contribution in [0.3, 0.4) is 0 Å². The minimum atomic E-state index is -0.0771. The van der Waals surface area contributed by atoms with Crippen LogP contribution in [-0.4, -0.2) is 20.9 Å². The fraction of sp³-hybridized carbons (Fsp3) is 0.263. The van der Waals surface area contributed by atoms with Crippen molar-refractivity contribution in [3.05, 3.63) is 70.6 Å². The van der Waals surface area contributed by atoms with E-state index in [0.29, 0.717) is 11.9 Å². The van der Waals surface area contributed by atoms with Crippen LogP contribution in [0.2, 0.25) is 0 Å². The third-order valence-electron chi connectivity index (χ3n) is 4.11. The molecule has 5 nitrogen and oxygen atoms in total. The number of nitrogens with zero attached hydrogens (tertiary/aromatic N) is 2. The van der Waals surface area contributed by atoms with Gasteiger partial charge < -0.3 is 10.4 Å². The lowest BCUT2D eigenvalue weighted by atomic mass is 10.1. The molecule has 0 unspecified atom stereocenters. The molecule has 0 saturated carbocycles. The van der Waals surface area contributed by atoms with Gasteiger partial charge in [0.15, 0.2) is 0 Å². The van der Waals surface area contributed by atoms with Crippen molar-refractivity contribution in [1.82, 2.24) is 15.1 Å². The van der Waals surface area contributed by atoms with E-state index in [1.807, 2.05) is 50.2 Å². The van der Waals surface area contributed by atoms with Gasteiger partial charge in [-0.2, -0.15) is 5.10 Å². The van der Waals surface area contributed by atoms with Gasteiger partial charge in [0, 0.05) is 17.5 Å². The first-order valence-corrected chi connectivity index (χ1v) is 8.04. The smallest absolute Gasteiger partial charge is 0.274 e. The second-order valence-electron chi connectivity index (χ2n) is 6.10. The highest BCUT2D eigenvalue weighted by atomic mass is 16.3. The van der Waals surface area contributed by atoms with Crippen molar-refractivity contribution in [3.63, 3.8) is 0 Å². The Labute approximate surface area is 140 Å². The maximum Gasteiger partial charge on any atom is 0.274 e. The molecule has 0 saturated heterocycles. The van der Waals surface area contributed by atoms with Gasteiger partial charge in [0.25, 0.3) is 5.56 Å². The average Bonchev–Trinajstić information content (AvgIpc) is 2.57. The summed E-state index contributed by atoms with van der Waals surface area (Å²) in [6.07, 6.45) is 1.72. The lowest BCUT2D eigenvalue weighted by molar-refractivity contribution is 0.403. The second kappa shape index (κ2) is 6.84. The number of hydrogen-bond acceptors (Lipinski definition) is 4. The van der Waals surface area contributed by atoms with Crippen LogP contribution in [0.25, 0.3) is 10.8 Å². The maximum absolute atomic E-state index is 12.5. The summed E-state index contributed by atoms with van der Waals surface area (Å²) in [5.41, 5.74) is 0.924. The van der Waals surface area contributed by atoms with E-state index in [1.54, 1.807) is 18.3 Å². The summed E-state index contributed by atoms with van der Waals surface area (Å²) in [6, 6.07) is 14.8. The summed E-state index contributed by atoms with van der Waals surface area (Å²) in [4.78, 5) is 12.5. The van der Waals surface area contributed by atoms with Crippen molar-refractivity contribution < 1.29 is 5.11 Å². The fourth-order valence-electron chi connectivity index (χ4n) is 2.89. The molecule has 2 aromatic carbocycles. The van der Waals surface area contributed by atoms with E-state index in [2.05, 4.69) is 10.4 Å². The fourth-order valence-corrected chi connectivity index (χ4v) is 2.89. The van der Waals surface area contributed by atoms with Crippen LogP contribution in [-0.2, 0) is 6.54 Å². The molecule has 24 heavy (non-hydrogen) atoms. The highest BCUT2D eigenvalue weighted by molar-refractivity contribution is 5.80. The van der Waals surface area contributed by atoms with Crippen molar-refractivity contribution in [1.29, 1.82) is 0 Å². The zero-order chi connectivity index (χ0) is 17.1. The zero-order valence-electron chi connectivity index (χ0n) is 13.8. The van der Waals surface area contributed by atoms with Crippen LogP contribution in [0.1, 0.15) is 25.5 Å². The van der Waals surface area contributed by atoms with Gasteiger partial charge in [0.2, 0.25) is 0 Å². The quantitative estimate of drug-likeness (QED) is 0.758. The first-order chi connectivity index (χ1) is 11.5. The first kappa shape index (κ1) is 16.2. The van der Waals surface area contributed by atoms with Crippen LogP contribution >= 0.6 is 0 Å². The van der Waals surface area contributed by atoms with Gasteiger partial charge in [0.1, 0.15) is 5.75 Å². The highest BCUT2D eigenvalue weighted by Gasteiger charge is 2.12. The monoisotopic (exact) mass is 323 g/mol. The molecule has 2 N–H and O–H groups in total. The average molecular weight is 323 g/mol. The molecule has 1 heterocycles. The highest BCUT2D eigenvalue weighted by Crippen LogP contribution is 2.18. The van der Waals surface area contributed by atoms with Crippen LogP contribution in [0, 0.1) is 0 Å². The van der Waals surface area contributed by atoms with Crippen LogP contribution in [0.5, 0.6) is 5.75 Å². The number of hydrogen-bond donors (Lipinski definition) is 2. The van der Waals surface area contributed by atoms with Crippen LogP contribution < -0.4 is 10.9 Å². The molecule has 5 heteroatoms. The number of nitrogens with one attached hydrogen (secondary N) is 1. The zero-order valence-corrected chi connectivity index (χ0v) is 13.8. The summed E-state index contributed by atoms with van der Waals surface area (Å²) < 4.78 is 1.50. The maximum atomic E-state index is 12.5. The van der Waals surface area contributed by atoms with Crippen molar-refractivity contribution in [2.24, 2.45) is 0 Å². The molecular weight excluding hydrogens is 302 g/mol. The van der Waals surface area contributed by atoms with Crippen LogP contribution in [0.4, 0.5) is 0 Å². The van der Waals surface area contributed by atoms with Crippen molar-refractivity contribution >= 4 is 10.8 Å². The number of benzene rings is 2. The molecule has 0 aliphatic rings. The minimum absolute atomic E-state index is 0.0497. The van der Waals surface area contributed by atoms with E-state index in [9.17, 15) is 9.90 Å². The molecule has 2 atom stereocenters. The Morgan fingerprint density at radius 2 is 1.96 bits per heavy atom. The van der Waals surface area contributed by atoms with E-state index in [0.717, 1.165) is 10.9 Å². The molecule has 0 spiro atoms. The van der Waals surface area contributed by atoms with Crippen LogP contribution in [0.15, 0.2) is 59.5 Å². The molecule has 1 aromatic heterocycles. The minimum Gasteiger partial charge on any atom is -0.508 e. The number of aromatic hydroxyl groups is 1. The molecule has 3 rings (SSSR count). The van der Waals surface area contributed by atoms with Crippen molar-refractivity contribution in [3.8, 4) is 5.75 Å². The second-order valence-corrected chi connectivity index (χ2v) is 6.10. The summed E-state index contributed by atoms with van der Waals surface area (Å²) in [5.74, 6) is 0.251.